The van der Waals surface area contributed by atoms with Crippen molar-refractivity contribution in [2.24, 2.45) is 5.92 Å². The van der Waals surface area contributed by atoms with E-state index in [4.69, 9.17) is 9.47 Å². The van der Waals surface area contributed by atoms with Crippen molar-refractivity contribution < 1.29 is 19.1 Å². The lowest BCUT2D eigenvalue weighted by molar-refractivity contribution is -0.145. The fraction of sp³-hybridized carbons (Fsp3) is 0.923. The minimum Gasteiger partial charge on any atom is -0.466 e. The van der Waals surface area contributed by atoms with Crippen LogP contribution in [0.4, 0.5) is 0 Å². The van der Waals surface area contributed by atoms with E-state index in [1.807, 2.05) is 0 Å². The summed E-state index contributed by atoms with van der Waals surface area (Å²) in [5, 5.41) is 0. The second-order valence-corrected chi connectivity index (χ2v) is 8.89. The third-order valence-corrected chi connectivity index (χ3v) is 5.58. The van der Waals surface area contributed by atoms with Crippen LogP contribution in [0.1, 0.15) is 136 Å². The minimum atomic E-state index is -0.114. The molecular weight excluding hydrogens is 376 g/mol. The van der Waals surface area contributed by atoms with Crippen LogP contribution in [0.15, 0.2) is 0 Å². The van der Waals surface area contributed by atoms with Crippen LogP contribution < -0.4 is 0 Å². The Balaban J connectivity index is 3.31. The lowest BCUT2D eigenvalue weighted by Gasteiger charge is -2.10. The van der Waals surface area contributed by atoms with Gasteiger partial charge in [-0.05, 0) is 31.6 Å². The third-order valence-electron chi connectivity index (χ3n) is 5.58. The molecule has 0 rings (SSSR count). The fourth-order valence-electron chi connectivity index (χ4n) is 3.62. The minimum absolute atomic E-state index is 0.0990. The number of carbonyl (C=O) groups excluding carboxylic acids is 2. The van der Waals surface area contributed by atoms with Gasteiger partial charge in [-0.2, -0.15) is 0 Å². The van der Waals surface area contributed by atoms with Gasteiger partial charge in [0.2, 0.25) is 0 Å². The number of carbonyl (C=O) groups is 2. The van der Waals surface area contributed by atoms with Gasteiger partial charge in [0, 0.05) is 12.8 Å². The molecule has 0 aliphatic heterocycles. The molecule has 0 aromatic heterocycles. The zero-order chi connectivity index (χ0) is 22.3. The maximum Gasteiger partial charge on any atom is 0.305 e. The first-order chi connectivity index (χ1) is 14.6. The van der Waals surface area contributed by atoms with E-state index in [0.29, 0.717) is 32.0 Å². The smallest absolute Gasteiger partial charge is 0.305 e. The second kappa shape index (κ2) is 22.6. The highest BCUT2D eigenvalue weighted by molar-refractivity contribution is 5.69. The first kappa shape index (κ1) is 28.9. The summed E-state index contributed by atoms with van der Waals surface area (Å²) in [6.07, 6.45) is 19.8. The van der Waals surface area contributed by atoms with Crippen LogP contribution in [0.3, 0.4) is 0 Å². The molecule has 0 heterocycles. The Morgan fingerprint density at radius 3 is 1.60 bits per heavy atom. The first-order valence-electron chi connectivity index (χ1n) is 12.9. The van der Waals surface area contributed by atoms with E-state index in [2.05, 4.69) is 20.8 Å². The van der Waals surface area contributed by atoms with Crippen molar-refractivity contribution >= 4 is 11.9 Å². The molecule has 0 aromatic carbocycles. The molecule has 178 valence electrons. The van der Waals surface area contributed by atoms with E-state index < -0.39 is 0 Å². The average molecular weight is 427 g/mol. The monoisotopic (exact) mass is 426 g/mol. The summed E-state index contributed by atoms with van der Waals surface area (Å²) >= 11 is 0. The zero-order valence-electron chi connectivity index (χ0n) is 20.4. The Labute approximate surface area is 186 Å². The molecule has 0 radical (unpaired) electrons. The molecule has 0 aromatic rings. The predicted octanol–water partition coefficient (Wildman–Crippen LogP) is 7.77. The van der Waals surface area contributed by atoms with E-state index in [-0.39, 0.29) is 11.9 Å². The zero-order valence-corrected chi connectivity index (χ0v) is 20.4. The van der Waals surface area contributed by atoms with Crippen molar-refractivity contribution in [1.29, 1.82) is 0 Å². The Kier molecular flexibility index (Phi) is 21.8. The van der Waals surface area contributed by atoms with Gasteiger partial charge in [-0.1, -0.05) is 97.8 Å². The van der Waals surface area contributed by atoms with Crippen molar-refractivity contribution in [2.75, 3.05) is 13.2 Å². The number of hydrogen-bond donors (Lipinski definition) is 0. The molecule has 0 N–H and O–H groups in total. The Hall–Kier alpha value is -1.06. The number of ether oxygens (including phenoxy) is 2. The molecule has 0 spiro atoms. The molecule has 0 saturated carbocycles. The molecule has 0 aliphatic rings. The van der Waals surface area contributed by atoms with Gasteiger partial charge in [0.25, 0.3) is 0 Å². The van der Waals surface area contributed by atoms with Crippen molar-refractivity contribution in [3.05, 3.63) is 0 Å². The maximum absolute atomic E-state index is 11.7. The molecule has 0 amide bonds. The highest BCUT2D eigenvalue weighted by Gasteiger charge is 2.07. The van der Waals surface area contributed by atoms with E-state index in [1.165, 1.54) is 57.8 Å². The lowest BCUT2D eigenvalue weighted by Crippen LogP contribution is -2.11. The van der Waals surface area contributed by atoms with Crippen LogP contribution in [0.2, 0.25) is 0 Å². The predicted molar refractivity (Wildman–Crippen MR) is 126 cm³/mol. The average Bonchev–Trinajstić information content (AvgIpc) is 2.73. The molecule has 1 unspecified atom stereocenters. The standard InChI is InChI=1S/C26H50O4/c1-4-6-7-8-9-10-11-12-13-14-18-22-29-25(27)20-16-15-17-21-26(28)30-23-24(3)19-5-2/h24H,4-23H2,1-3H3. The van der Waals surface area contributed by atoms with Crippen LogP contribution in [0, 0.1) is 5.92 Å². The van der Waals surface area contributed by atoms with Crippen LogP contribution in [0.25, 0.3) is 0 Å². The normalized spacial score (nSPS) is 12.0. The van der Waals surface area contributed by atoms with Crippen LogP contribution in [-0.2, 0) is 19.1 Å². The largest absolute Gasteiger partial charge is 0.466 e. The number of rotatable bonds is 22. The molecule has 4 nitrogen and oxygen atoms in total. The highest BCUT2D eigenvalue weighted by atomic mass is 16.5. The third kappa shape index (κ3) is 21.6. The van der Waals surface area contributed by atoms with Gasteiger partial charge in [-0.15, -0.1) is 0 Å². The molecule has 4 heteroatoms. The lowest BCUT2D eigenvalue weighted by atomic mass is 10.1. The van der Waals surface area contributed by atoms with Gasteiger partial charge in [0.05, 0.1) is 13.2 Å². The summed E-state index contributed by atoms with van der Waals surface area (Å²) in [7, 11) is 0. The second-order valence-electron chi connectivity index (χ2n) is 8.89. The maximum atomic E-state index is 11.7. The summed E-state index contributed by atoms with van der Waals surface area (Å²) < 4.78 is 10.6. The van der Waals surface area contributed by atoms with Gasteiger partial charge < -0.3 is 9.47 Å². The number of hydrogen-bond acceptors (Lipinski definition) is 4. The Morgan fingerprint density at radius 2 is 1.07 bits per heavy atom. The van der Waals surface area contributed by atoms with E-state index in [0.717, 1.165) is 44.9 Å². The van der Waals surface area contributed by atoms with Crippen molar-refractivity contribution in [3.63, 3.8) is 0 Å². The number of unbranched alkanes of at least 4 members (excludes halogenated alkanes) is 12. The summed E-state index contributed by atoms with van der Waals surface area (Å²) in [5.41, 5.74) is 0. The molecule has 30 heavy (non-hydrogen) atoms. The summed E-state index contributed by atoms with van der Waals surface area (Å²) in [5.74, 6) is 0.226. The molecule has 0 fully saturated rings. The van der Waals surface area contributed by atoms with E-state index in [1.54, 1.807) is 0 Å². The molecule has 1 atom stereocenters. The van der Waals surface area contributed by atoms with Gasteiger partial charge in [-0.3, -0.25) is 9.59 Å². The highest BCUT2D eigenvalue weighted by Crippen LogP contribution is 2.12. The van der Waals surface area contributed by atoms with Gasteiger partial charge >= 0.3 is 11.9 Å². The molecule has 0 bridgehead atoms. The Bertz CT molecular complexity index is 394. The topological polar surface area (TPSA) is 52.6 Å². The van der Waals surface area contributed by atoms with Gasteiger partial charge in [-0.25, -0.2) is 0 Å². The van der Waals surface area contributed by atoms with Crippen molar-refractivity contribution in [3.8, 4) is 0 Å². The van der Waals surface area contributed by atoms with Crippen molar-refractivity contribution in [2.45, 2.75) is 136 Å². The first-order valence-corrected chi connectivity index (χ1v) is 12.9. The SMILES string of the molecule is CCCCCCCCCCCCCOC(=O)CCCCCC(=O)OCC(C)CCC. The van der Waals surface area contributed by atoms with Gasteiger partial charge in [0.1, 0.15) is 0 Å². The Morgan fingerprint density at radius 1 is 0.600 bits per heavy atom. The summed E-state index contributed by atoms with van der Waals surface area (Å²) in [6, 6.07) is 0. The molecular formula is C26H50O4. The van der Waals surface area contributed by atoms with Crippen LogP contribution in [0.5, 0.6) is 0 Å². The van der Waals surface area contributed by atoms with Crippen molar-refractivity contribution in [1.82, 2.24) is 0 Å². The van der Waals surface area contributed by atoms with Crippen LogP contribution >= 0.6 is 0 Å². The number of esters is 2. The fourth-order valence-corrected chi connectivity index (χ4v) is 3.62. The summed E-state index contributed by atoms with van der Waals surface area (Å²) in [4.78, 5) is 23.4. The summed E-state index contributed by atoms with van der Waals surface area (Å²) in [6.45, 7) is 7.59. The quantitative estimate of drug-likeness (QED) is 0.131. The van der Waals surface area contributed by atoms with Gasteiger partial charge in [0.15, 0.2) is 0 Å². The van der Waals surface area contributed by atoms with Crippen LogP contribution in [-0.4, -0.2) is 25.2 Å². The molecule has 0 saturated heterocycles. The molecule has 0 aliphatic carbocycles. The van der Waals surface area contributed by atoms with E-state index in [9.17, 15) is 9.59 Å². The van der Waals surface area contributed by atoms with E-state index >= 15 is 0 Å².